The first-order chi connectivity index (χ1) is 12.6. The molecule has 3 rings (SSSR count). The number of hydrogen-bond donors (Lipinski definition) is 0. The Morgan fingerprint density at radius 2 is 1.85 bits per heavy atom. The van der Waals surface area contributed by atoms with Crippen LogP contribution in [0.15, 0.2) is 48.5 Å². The number of thioether (sulfide) groups is 1. The lowest BCUT2D eigenvalue weighted by Gasteiger charge is -2.26. The minimum atomic E-state index is -2.91. The lowest BCUT2D eigenvalue weighted by atomic mass is 10.1. The molecule has 1 aliphatic rings. The fraction of sp³-hybridized carbons (Fsp3) is 0.316. The predicted octanol–water partition coefficient (Wildman–Crippen LogP) is 4.46. The number of rotatable bonds is 7. The third kappa shape index (κ3) is 4.09. The van der Waals surface area contributed by atoms with Crippen LogP contribution in [-0.4, -0.2) is 29.8 Å². The van der Waals surface area contributed by atoms with Gasteiger partial charge in [0.2, 0.25) is 5.91 Å². The number of benzene rings is 2. The van der Waals surface area contributed by atoms with Crippen LogP contribution in [-0.2, 0) is 11.3 Å². The van der Waals surface area contributed by atoms with E-state index in [4.69, 9.17) is 4.74 Å². The zero-order valence-electron chi connectivity index (χ0n) is 14.2. The minimum absolute atomic E-state index is 0.0434. The number of halogens is 2. The van der Waals surface area contributed by atoms with Crippen LogP contribution in [0.5, 0.6) is 11.5 Å². The summed E-state index contributed by atoms with van der Waals surface area (Å²) in [5, 5.41) is -0.232. The van der Waals surface area contributed by atoms with E-state index in [-0.39, 0.29) is 23.6 Å². The molecule has 26 heavy (non-hydrogen) atoms. The van der Waals surface area contributed by atoms with Crippen molar-refractivity contribution in [3.8, 4) is 11.5 Å². The topological polar surface area (TPSA) is 38.8 Å². The highest BCUT2D eigenvalue weighted by atomic mass is 32.2. The van der Waals surface area contributed by atoms with E-state index >= 15 is 0 Å². The van der Waals surface area contributed by atoms with E-state index in [0.717, 1.165) is 11.3 Å². The summed E-state index contributed by atoms with van der Waals surface area (Å²) in [6.45, 7) is -0.290. The molecule has 0 spiro atoms. The molecule has 138 valence electrons. The van der Waals surface area contributed by atoms with Crippen molar-refractivity contribution in [2.75, 3.05) is 12.4 Å². The maximum atomic E-state index is 12.6. The number of nitrogens with zero attached hydrogens (tertiary/aromatic N) is 1. The third-order valence-corrected chi connectivity index (χ3v) is 5.22. The molecule has 0 saturated carbocycles. The molecule has 1 unspecified atom stereocenters. The van der Waals surface area contributed by atoms with Crippen LogP contribution >= 0.6 is 11.8 Å². The van der Waals surface area contributed by atoms with E-state index in [1.165, 1.54) is 17.8 Å². The molecule has 1 heterocycles. The van der Waals surface area contributed by atoms with Gasteiger partial charge in [-0.25, -0.2) is 0 Å². The van der Waals surface area contributed by atoms with Crippen molar-refractivity contribution in [1.29, 1.82) is 0 Å². The average molecular weight is 379 g/mol. The number of alkyl halides is 2. The lowest BCUT2D eigenvalue weighted by molar-refractivity contribution is -0.128. The zero-order valence-corrected chi connectivity index (χ0v) is 15.0. The van der Waals surface area contributed by atoms with E-state index in [0.29, 0.717) is 17.9 Å². The third-order valence-electron chi connectivity index (χ3n) is 3.98. The van der Waals surface area contributed by atoms with Crippen molar-refractivity contribution >= 4 is 17.7 Å². The number of carbonyl (C=O) groups is 1. The summed E-state index contributed by atoms with van der Waals surface area (Å²) in [5.74, 6) is 1.11. The van der Waals surface area contributed by atoms with Gasteiger partial charge in [0.15, 0.2) is 0 Å². The Kier molecular flexibility index (Phi) is 5.98. The molecule has 1 saturated heterocycles. The van der Waals surface area contributed by atoms with E-state index in [2.05, 4.69) is 4.74 Å². The summed E-state index contributed by atoms with van der Waals surface area (Å²) < 4.78 is 35.6. The molecule has 1 aliphatic heterocycles. The first kappa shape index (κ1) is 18.5. The summed E-state index contributed by atoms with van der Waals surface area (Å²) in [6.07, 6.45) is 0. The Hall–Kier alpha value is -2.28. The monoisotopic (exact) mass is 379 g/mol. The molecule has 4 nitrogen and oxygen atoms in total. The maximum Gasteiger partial charge on any atom is 0.387 e. The second-order valence-corrected chi connectivity index (χ2v) is 6.71. The van der Waals surface area contributed by atoms with Crippen molar-refractivity contribution in [3.63, 3.8) is 0 Å². The molecule has 0 N–H and O–H groups in total. The second kappa shape index (κ2) is 8.40. The Bertz CT molecular complexity index is 772. The van der Waals surface area contributed by atoms with Crippen molar-refractivity contribution in [1.82, 2.24) is 4.90 Å². The van der Waals surface area contributed by atoms with Crippen molar-refractivity contribution < 1.29 is 23.0 Å². The molecule has 1 fully saturated rings. The first-order valence-corrected chi connectivity index (χ1v) is 9.30. The predicted molar refractivity (Wildman–Crippen MR) is 96.4 cm³/mol. The quantitative estimate of drug-likeness (QED) is 0.712. The van der Waals surface area contributed by atoms with E-state index in [1.54, 1.807) is 23.1 Å². The van der Waals surface area contributed by atoms with Crippen LogP contribution in [0.2, 0.25) is 0 Å². The van der Waals surface area contributed by atoms with Crippen molar-refractivity contribution in [2.24, 2.45) is 0 Å². The summed E-state index contributed by atoms with van der Waals surface area (Å²) >= 11 is 1.50. The number of carbonyl (C=O) groups excluding carboxylic acids is 1. The maximum absolute atomic E-state index is 12.6. The van der Waals surface area contributed by atoms with E-state index in [1.807, 2.05) is 31.2 Å². The molecule has 1 amide bonds. The standard InChI is InChI=1S/C19H19F2NO3S/c1-2-24-16-10-6-4-8-14(16)18-22(17(23)12-26-18)11-13-7-3-5-9-15(13)25-19(20)21/h3-10,18-19H,2,11-12H2,1H3. The molecular formula is C19H19F2NO3S. The van der Waals surface area contributed by atoms with Gasteiger partial charge in [-0.15, -0.1) is 11.8 Å². The first-order valence-electron chi connectivity index (χ1n) is 8.25. The van der Waals surface area contributed by atoms with Crippen LogP contribution in [0, 0.1) is 0 Å². The van der Waals surface area contributed by atoms with Crippen molar-refractivity contribution in [3.05, 3.63) is 59.7 Å². The van der Waals surface area contributed by atoms with Gasteiger partial charge in [0, 0.05) is 11.1 Å². The Morgan fingerprint density at radius 1 is 1.15 bits per heavy atom. The van der Waals surface area contributed by atoms with Gasteiger partial charge in [-0.05, 0) is 19.1 Å². The van der Waals surface area contributed by atoms with E-state index in [9.17, 15) is 13.6 Å². The van der Waals surface area contributed by atoms with Gasteiger partial charge >= 0.3 is 6.61 Å². The molecule has 7 heteroatoms. The van der Waals surface area contributed by atoms with Crippen molar-refractivity contribution in [2.45, 2.75) is 25.5 Å². The molecule has 2 aromatic rings. The average Bonchev–Trinajstić information content (AvgIpc) is 2.98. The van der Waals surface area contributed by atoms with Gasteiger partial charge in [-0.2, -0.15) is 8.78 Å². The normalized spacial score (nSPS) is 17.0. The molecule has 2 aromatic carbocycles. The summed E-state index contributed by atoms with van der Waals surface area (Å²) in [4.78, 5) is 14.1. The number of ether oxygens (including phenoxy) is 2. The summed E-state index contributed by atoms with van der Waals surface area (Å²) in [6, 6.07) is 14.1. The highest BCUT2D eigenvalue weighted by Gasteiger charge is 2.35. The molecule has 0 radical (unpaired) electrons. The lowest BCUT2D eigenvalue weighted by Crippen LogP contribution is -2.28. The Morgan fingerprint density at radius 3 is 2.58 bits per heavy atom. The Balaban J connectivity index is 1.88. The summed E-state index contributed by atoms with van der Waals surface area (Å²) in [5.41, 5.74) is 1.44. The van der Waals surface area contributed by atoms with Gasteiger partial charge in [-0.3, -0.25) is 4.79 Å². The Labute approximate surface area is 155 Å². The van der Waals surface area contributed by atoms with Gasteiger partial charge in [0.05, 0.1) is 18.9 Å². The summed E-state index contributed by atoms with van der Waals surface area (Å²) in [7, 11) is 0. The molecular weight excluding hydrogens is 360 g/mol. The van der Waals surface area contributed by atoms with Crippen LogP contribution in [0.3, 0.4) is 0 Å². The molecule has 0 aromatic heterocycles. The number of hydrogen-bond acceptors (Lipinski definition) is 4. The van der Waals surface area contributed by atoms with Crippen LogP contribution in [0.25, 0.3) is 0 Å². The van der Waals surface area contributed by atoms with Gasteiger partial charge in [0.1, 0.15) is 16.9 Å². The fourth-order valence-corrected chi connectivity index (χ4v) is 4.10. The molecule has 1 atom stereocenters. The smallest absolute Gasteiger partial charge is 0.387 e. The number of amides is 1. The zero-order chi connectivity index (χ0) is 18.5. The van der Waals surface area contributed by atoms with Crippen LogP contribution in [0.4, 0.5) is 8.78 Å². The van der Waals surface area contributed by atoms with E-state index < -0.39 is 6.61 Å². The van der Waals surface area contributed by atoms with Crippen LogP contribution in [0.1, 0.15) is 23.4 Å². The van der Waals surface area contributed by atoms with Gasteiger partial charge < -0.3 is 14.4 Å². The highest BCUT2D eigenvalue weighted by Crippen LogP contribution is 2.43. The molecule has 0 bridgehead atoms. The number of para-hydroxylation sites is 2. The van der Waals surface area contributed by atoms with Crippen LogP contribution < -0.4 is 9.47 Å². The minimum Gasteiger partial charge on any atom is -0.493 e. The van der Waals surface area contributed by atoms with Gasteiger partial charge in [0.25, 0.3) is 0 Å². The largest absolute Gasteiger partial charge is 0.493 e. The SMILES string of the molecule is CCOc1ccccc1C1SCC(=O)N1Cc1ccccc1OC(F)F. The molecule has 0 aliphatic carbocycles. The fourth-order valence-electron chi connectivity index (χ4n) is 2.88. The highest BCUT2D eigenvalue weighted by molar-refractivity contribution is 8.00. The van der Waals surface area contributed by atoms with Gasteiger partial charge in [-0.1, -0.05) is 36.4 Å². The second-order valence-electron chi connectivity index (χ2n) is 5.64.